The third-order valence-electron chi connectivity index (χ3n) is 4.77. The van der Waals surface area contributed by atoms with Crippen molar-refractivity contribution in [1.82, 2.24) is 30.2 Å². The minimum Gasteiger partial charge on any atom is -0.338 e. The zero-order chi connectivity index (χ0) is 19.1. The zero-order valence-corrected chi connectivity index (χ0v) is 16.1. The average molecular weight is 372 g/mol. The van der Waals surface area contributed by atoms with Gasteiger partial charge in [-0.1, -0.05) is 18.1 Å². The lowest BCUT2D eigenvalue weighted by Gasteiger charge is -2.32. The van der Waals surface area contributed by atoms with E-state index < -0.39 is 0 Å². The topological polar surface area (TPSA) is 87.4 Å². The fraction of sp³-hybridized carbons (Fsp3) is 0.579. The molecule has 2 amide bonds. The second kappa shape index (κ2) is 9.45. The lowest BCUT2D eigenvalue weighted by atomic mass is 9.98. The van der Waals surface area contributed by atoms with E-state index in [-0.39, 0.29) is 12.6 Å². The molecule has 146 valence electrons. The molecule has 0 aliphatic carbocycles. The van der Waals surface area contributed by atoms with Gasteiger partial charge in [-0.3, -0.25) is 4.98 Å². The van der Waals surface area contributed by atoms with Crippen LogP contribution in [0, 0.1) is 5.92 Å². The van der Waals surface area contributed by atoms with Gasteiger partial charge in [-0.15, -0.1) is 0 Å². The normalized spacial score (nSPS) is 17.6. The first-order valence-corrected chi connectivity index (χ1v) is 9.61. The van der Waals surface area contributed by atoms with Gasteiger partial charge in [0.25, 0.3) is 0 Å². The van der Waals surface area contributed by atoms with E-state index in [9.17, 15) is 4.79 Å². The number of rotatable bonds is 7. The molecule has 1 aliphatic heterocycles. The van der Waals surface area contributed by atoms with Crippen LogP contribution in [0.1, 0.15) is 32.1 Å². The van der Waals surface area contributed by atoms with Gasteiger partial charge >= 0.3 is 6.03 Å². The Kier molecular flexibility index (Phi) is 6.75. The van der Waals surface area contributed by atoms with Crippen LogP contribution in [0.25, 0.3) is 11.5 Å². The molecule has 8 heteroatoms. The summed E-state index contributed by atoms with van der Waals surface area (Å²) in [6.45, 7) is 6.55. The first-order valence-electron chi connectivity index (χ1n) is 9.61. The van der Waals surface area contributed by atoms with Crippen LogP contribution < -0.4 is 5.32 Å². The van der Waals surface area contributed by atoms with Crippen molar-refractivity contribution >= 4 is 6.03 Å². The summed E-state index contributed by atoms with van der Waals surface area (Å²) >= 11 is 0. The molecule has 2 aromatic heterocycles. The molecule has 1 unspecified atom stereocenters. The molecule has 0 bridgehead atoms. The smallest absolute Gasteiger partial charge is 0.317 e. The highest BCUT2D eigenvalue weighted by Crippen LogP contribution is 2.16. The summed E-state index contributed by atoms with van der Waals surface area (Å²) in [5.74, 6) is 1.33. The van der Waals surface area contributed by atoms with Gasteiger partial charge in [0.2, 0.25) is 11.7 Å². The highest BCUT2D eigenvalue weighted by molar-refractivity contribution is 5.73. The first kappa shape index (κ1) is 19.3. The van der Waals surface area contributed by atoms with Gasteiger partial charge in [0.05, 0.1) is 0 Å². The molecule has 1 fully saturated rings. The summed E-state index contributed by atoms with van der Waals surface area (Å²) in [4.78, 5) is 24.9. The third-order valence-corrected chi connectivity index (χ3v) is 4.77. The summed E-state index contributed by atoms with van der Waals surface area (Å²) in [6.07, 6.45) is 5.22. The molecule has 1 saturated heterocycles. The molecular weight excluding hydrogens is 344 g/mol. The van der Waals surface area contributed by atoms with Crippen molar-refractivity contribution in [3.05, 3.63) is 30.3 Å². The van der Waals surface area contributed by atoms with Crippen LogP contribution in [-0.4, -0.2) is 64.2 Å². The van der Waals surface area contributed by atoms with Crippen molar-refractivity contribution in [3.63, 3.8) is 0 Å². The number of piperidine rings is 1. The molecule has 0 aromatic carbocycles. The van der Waals surface area contributed by atoms with E-state index in [4.69, 9.17) is 4.52 Å². The van der Waals surface area contributed by atoms with E-state index in [0.29, 0.717) is 29.9 Å². The van der Waals surface area contributed by atoms with Gasteiger partial charge in [0.15, 0.2) is 0 Å². The number of nitrogens with one attached hydrogen (secondary N) is 1. The summed E-state index contributed by atoms with van der Waals surface area (Å²) < 4.78 is 5.25. The Morgan fingerprint density at radius 2 is 2.33 bits per heavy atom. The average Bonchev–Trinajstić information content (AvgIpc) is 3.16. The van der Waals surface area contributed by atoms with Crippen molar-refractivity contribution in [2.45, 2.75) is 32.7 Å². The molecule has 3 heterocycles. The highest BCUT2D eigenvalue weighted by Gasteiger charge is 2.21. The highest BCUT2D eigenvalue weighted by atomic mass is 16.5. The summed E-state index contributed by atoms with van der Waals surface area (Å²) in [6, 6.07) is 5.39. The Balaban J connectivity index is 1.46. The second-order valence-corrected chi connectivity index (χ2v) is 7.08. The largest absolute Gasteiger partial charge is 0.338 e. The number of likely N-dealkylation sites (tertiary alicyclic amines) is 1. The quantitative estimate of drug-likeness (QED) is 0.803. The van der Waals surface area contributed by atoms with E-state index in [1.807, 2.05) is 18.2 Å². The van der Waals surface area contributed by atoms with E-state index in [1.165, 1.54) is 25.8 Å². The Labute approximate surface area is 159 Å². The Bertz CT molecular complexity index is 718. The second-order valence-electron chi connectivity index (χ2n) is 7.08. The Morgan fingerprint density at radius 3 is 3.11 bits per heavy atom. The van der Waals surface area contributed by atoms with Gasteiger partial charge in [0.1, 0.15) is 12.2 Å². The molecule has 1 aliphatic rings. The molecule has 8 nitrogen and oxygen atoms in total. The van der Waals surface area contributed by atoms with Crippen molar-refractivity contribution in [1.29, 1.82) is 0 Å². The van der Waals surface area contributed by atoms with Crippen LogP contribution >= 0.6 is 0 Å². The number of carbonyl (C=O) groups excluding carboxylic acids is 1. The number of aromatic nitrogens is 3. The number of hydrogen-bond donors (Lipinski definition) is 1. The van der Waals surface area contributed by atoms with Gasteiger partial charge in [-0.2, -0.15) is 4.98 Å². The molecule has 0 saturated carbocycles. The lowest BCUT2D eigenvalue weighted by Crippen LogP contribution is -2.44. The first-order chi connectivity index (χ1) is 13.2. The minimum atomic E-state index is -0.125. The molecule has 0 spiro atoms. The van der Waals surface area contributed by atoms with Crippen molar-refractivity contribution in [3.8, 4) is 11.5 Å². The summed E-state index contributed by atoms with van der Waals surface area (Å²) in [7, 11) is 1.73. The van der Waals surface area contributed by atoms with Crippen LogP contribution in [-0.2, 0) is 6.54 Å². The molecular formula is C19H28N6O2. The van der Waals surface area contributed by atoms with Crippen LogP contribution in [0.5, 0.6) is 0 Å². The standard InChI is InChI=1S/C19H28N6O2/c1-3-10-25-11-6-7-15(13-25)12-21-19(26)24(2)14-17-22-18(23-27-17)16-8-4-5-9-20-16/h4-5,8-9,15H,3,6-7,10-14H2,1-2H3,(H,21,26). The van der Waals surface area contributed by atoms with Crippen molar-refractivity contribution in [2.75, 3.05) is 33.2 Å². The molecule has 1 N–H and O–H groups in total. The molecule has 2 aromatic rings. The zero-order valence-electron chi connectivity index (χ0n) is 16.1. The maximum Gasteiger partial charge on any atom is 0.317 e. The number of urea groups is 1. The minimum absolute atomic E-state index is 0.125. The Hall–Kier alpha value is -2.48. The maximum absolute atomic E-state index is 12.4. The number of hydrogen-bond acceptors (Lipinski definition) is 6. The number of pyridine rings is 1. The third kappa shape index (κ3) is 5.50. The van der Waals surface area contributed by atoms with Gasteiger partial charge < -0.3 is 19.6 Å². The fourth-order valence-corrected chi connectivity index (χ4v) is 3.40. The van der Waals surface area contributed by atoms with Crippen LogP contribution in [0.4, 0.5) is 4.79 Å². The predicted octanol–water partition coefficient (Wildman–Crippen LogP) is 2.40. The SMILES string of the molecule is CCCN1CCCC(CNC(=O)N(C)Cc2nc(-c3ccccn3)no2)C1. The van der Waals surface area contributed by atoms with Crippen molar-refractivity contribution in [2.24, 2.45) is 5.92 Å². The number of carbonyl (C=O) groups is 1. The van der Waals surface area contributed by atoms with Gasteiger partial charge in [0, 0.05) is 26.3 Å². The molecule has 1 atom stereocenters. The molecule has 27 heavy (non-hydrogen) atoms. The van der Waals surface area contributed by atoms with Crippen LogP contribution in [0.2, 0.25) is 0 Å². The van der Waals surface area contributed by atoms with E-state index in [0.717, 1.165) is 13.1 Å². The maximum atomic E-state index is 12.4. The summed E-state index contributed by atoms with van der Waals surface area (Å²) in [5.41, 5.74) is 0.647. The van der Waals surface area contributed by atoms with Crippen LogP contribution in [0.15, 0.2) is 28.9 Å². The van der Waals surface area contributed by atoms with E-state index in [2.05, 4.69) is 32.3 Å². The molecule has 0 radical (unpaired) electrons. The fourth-order valence-electron chi connectivity index (χ4n) is 3.40. The van der Waals surface area contributed by atoms with Crippen molar-refractivity contribution < 1.29 is 9.32 Å². The van der Waals surface area contributed by atoms with E-state index >= 15 is 0 Å². The number of nitrogens with zero attached hydrogens (tertiary/aromatic N) is 5. The van der Waals surface area contributed by atoms with Crippen LogP contribution in [0.3, 0.4) is 0 Å². The van der Waals surface area contributed by atoms with Gasteiger partial charge in [-0.25, -0.2) is 4.79 Å². The predicted molar refractivity (Wildman–Crippen MR) is 102 cm³/mol. The number of amides is 2. The molecule has 3 rings (SSSR count). The van der Waals surface area contributed by atoms with Gasteiger partial charge in [-0.05, 0) is 50.4 Å². The monoisotopic (exact) mass is 372 g/mol. The lowest BCUT2D eigenvalue weighted by molar-refractivity contribution is 0.166. The Morgan fingerprint density at radius 1 is 1.44 bits per heavy atom. The summed E-state index contributed by atoms with van der Waals surface area (Å²) in [5, 5.41) is 6.96. The van der Waals surface area contributed by atoms with E-state index in [1.54, 1.807) is 18.1 Å².